The van der Waals surface area contributed by atoms with Crippen LogP contribution >= 0.6 is 0 Å². The van der Waals surface area contributed by atoms with Crippen molar-refractivity contribution >= 4 is 17.6 Å². The fourth-order valence-corrected chi connectivity index (χ4v) is 2.13. The van der Waals surface area contributed by atoms with Crippen LogP contribution in [-0.4, -0.2) is 23.5 Å². The van der Waals surface area contributed by atoms with Gasteiger partial charge in [-0.05, 0) is 43.0 Å². The molecule has 0 saturated carbocycles. The van der Waals surface area contributed by atoms with Crippen LogP contribution < -0.4 is 11.1 Å². The minimum Gasteiger partial charge on any atom is -0.478 e. The molecular weight excluding hydrogens is 256 g/mol. The van der Waals surface area contributed by atoms with E-state index in [0.29, 0.717) is 24.6 Å². The fraction of sp³-hybridized carbons (Fsp3) is 0.467. The summed E-state index contributed by atoms with van der Waals surface area (Å²) in [6, 6.07) is 6.21. The van der Waals surface area contributed by atoms with E-state index in [1.54, 1.807) is 12.1 Å². The Balaban J connectivity index is 2.61. The molecule has 1 amide bonds. The van der Waals surface area contributed by atoms with Gasteiger partial charge in [-0.2, -0.15) is 0 Å². The Bertz CT molecular complexity index is 472. The smallest absolute Gasteiger partial charge is 0.335 e. The maximum atomic E-state index is 11.9. The van der Waals surface area contributed by atoms with Crippen LogP contribution in [0.1, 0.15) is 37.0 Å². The van der Waals surface area contributed by atoms with Gasteiger partial charge < -0.3 is 16.2 Å². The Kier molecular flexibility index (Phi) is 6.18. The molecule has 5 nitrogen and oxygen atoms in total. The van der Waals surface area contributed by atoms with Crippen molar-refractivity contribution in [3.63, 3.8) is 0 Å². The number of aromatic carboxylic acids is 1. The lowest BCUT2D eigenvalue weighted by Gasteiger charge is -2.16. The third-order valence-electron chi connectivity index (χ3n) is 3.01. The van der Waals surface area contributed by atoms with E-state index in [4.69, 9.17) is 10.8 Å². The number of anilines is 1. The number of benzene rings is 1. The van der Waals surface area contributed by atoms with Crippen LogP contribution in [0, 0.1) is 11.8 Å². The normalized spacial score (nSPS) is 12.2. The van der Waals surface area contributed by atoms with Gasteiger partial charge in [-0.3, -0.25) is 4.79 Å². The lowest BCUT2D eigenvalue weighted by molar-refractivity contribution is -0.117. The summed E-state index contributed by atoms with van der Waals surface area (Å²) < 4.78 is 0. The Morgan fingerprint density at radius 3 is 2.60 bits per heavy atom. The van der Waals surface area contributed by atoms with Crippen molar-refractivity contribution in [3.8, 4) is 0 Å². The van der Waals surface area contributed by atoms with Gasteiger partial charge in [-0.15, -0.1) is 0 Å². The molecule has 1 atom stereocenters. The zero-order valence-electron chi connectivity index (χ0n) is 11.9. The number of hydrogen-bond acceptors (Lipinski definition) is 3. The fourth-order valence-electron chi connectivity index (χ4n) is 2.13. The number of carboxylic acid groups (broad SMARTS) is 1. The van der Waals surface area contributed by atoms with Crippen molar-refractivity contribution in [3.05, 3.63) is 29.8 Å². The number of amides is 1. The van der Waals surface area contributed by atoms with E-state index in [0.717, 1.165) is 6.42 Å². The van der Waals surface area contributed by atoms with E-state index in [-0.39, 0.29) is 17.4 Å². The number of carbonyl (C=O) groups is 2. The molecule has 1 aromatic carbocycles. The third kappa shape index (κ3) is 5.40. The van der Waals surface area contributed by atoms with Crippen LogP contribution in [0.4, 0.5) is 5.69 Å². The topological polar surface area (TPSA) is 92.4 Å². The molecule has 0 bridgehead atoms. The average molecular weight is 278 g/mol. The lowest BCUT2D eigenvalue weighted by atomic mass is 9.94. The Morgan fingerprint density at radius 2 is 2.05 bits per heavy atom. The first-order valence-electron chi connectivity index (χ1n) is 6.75. The van der Waals surface area contributed by atoms with Crippen LogP contribution in [0.15, 0.2) is 24.3 Å². The molecule has 1 rings (SSSR count). The Morgan fingerprint density at radius 1 is 1.35 bits per heavy atom. The quantitative estimate of drug-likeness (QED) is 0.713. The standard InChI is InChI=1S/C15H22N2O3/c1-10(2)6-11(9-16)7-14(18)17-13-5-3-4-12(8-13)15(19)20/h3-5,8,10-11H,6-7,9,16H2,1-2H3,(H,17,18)(H,19,20)/t11-/m0/s1. The van der Waals surface area contributed by atoms with Crippen molar-refractivity contribution in [1.29, 1.82) is 0 Å². The summed E-state index contributed by atoms with van der Waals surface area (Å²) >= 11 is 0. The van der Waals surface area contributed by atoms with Crippen molar-refractivity contribution in [2.75, 3.05) is 11.9 Å². The molecule has 0 saturated heterocycles. The summed E-state index contributed by atoms with van der Waals surface area (Å²) in [6.07, 6.45) is 1.26. The first kappa shape index (κ1) is 16.2. The van der Waals surface area contributed by atoms with Crippen molar-refractivity contribution < 1.29 is 14.7 Å². The van der Waals surface area contributed by atoms with Gasteiger partial charge in [-0.1, -0.05) is 19.9 Å². The van der Waals surface area contributed by atoms with Gasteiger partial charge in [0, 0.05) is 12.1 Å². The maximum Gasteiger partial charge on any atom is 0.335 e. The van der Waals surface area contributed by atoms with Gasteiger partial charge in [0.05, 0.1) is 5.56 Å². The number of nitrogens with two attached hydrogens (primary N) is 1. The summed E-state index contributed by atoms with van der Waals surface area (Å²) in [5, 5.41) is 11.6. The van der Waals surface area contributed by atoms with Crippen LogP contribution in [0.25, 0.3) is 0 Å². The highest BCUT2D eigenvalue weighted by atomic mass is 16.4. The van der Waals surface area contributed by atoms with Gasteiger partial charge in [0.25, 0.3) is 0 Å². The zero-order valence-corrected chi connectivity index (χ0v) is 11.9. The van der Waals surface area contributed by atoms with Gasteiger partial charge in [0.1, 0.15) is 0 Å². The number of carbonyl (C=O) groups excluding carboxylic acids is 1. The van der Waals surface area contributed by atoms with Gasteiger partial charge in [-0.25, -0.2) is 4.79 Å². The van der Waals surface area contributed by atoms with Gasteiger partial charge in [0.15, 0.2) is 0 Å². The number of nitrogens with one attached hydrogen (secondary N) is 1. The van der Waals surface area contributed by atoms with E-state index >= 15 is 0 Å². The monoisotopic (exact) mass is 278 g/mol. The van der Waals surface area contributed by atoms with Crippen molar-refractivity contribution in [2.45, 2.75) is 26.7 Å². The lowest BCUT2D eigenvalue weighted by Crippen LogP contribution is -2.23. The first-order valence-corrected chi connectivity index (χ1v) is 6.75. The second kappa shape index (κ2) is 7.65. The molecule has 0 aliphatic rings. The molecule has 0 aliphatic carbocycles. The highest BCUT2D eigenvalue weighted by Gasteiger charge is 2.14. The molecule has 0 aliphatic heterocycles. The van der Waals surface area contributed by atoms with E-state index in [1.165, 1.54) is 12.1 Å². The summed E-state index contributed by atoms with van der Waals surface area (Å²) in [6.45, 7) is 4.66. The van der Waals surface area contributed by atoms with Crippen LogP contribution in [0.5, 0.6) is 0 Å². The minimum absolute atomic E-state index is 0.136. The predicted octanol–water partition coefficient (Wildman–Crippen LogP) is 2.33. The Hall–Kier alpha value is -1.88. The summed E-state index contributed by atoms with van der Waals surface area (Å²) in [5.74, 6) is -0.506. The summed E-state index contributed by atoms with van der Waals surface area (Å²) in [7, 11) is 0. The largest absolute Gasteiger partial charge is 0.478 e. The first-order chi connectivity index (χ1) is 9.42. The number of hydrogen-bond donors (Lipinski definition) is 3. The van der Waals surface area contributed by atoms with Crippen molar-refractivity contribution in [2.24, 2.45) is 17.6 Å². The molecule has 0 aromatic heterocycles. The predicted molar refractivity (Wildman–Crippen MR) is 78.6 cm³/mol. The van der Waals surface area contributed by atoms with Crippen molar-refractivity contribution in [1.82, 2.24) is 0 Å². The van der Waals surface area contributed by atoms with Gasteiger partial charge >= 0.3 is 5.97 Å². The van der Waals surface area contributed by atoms with E-state index in [9.17, 15) is 9.59 Å². The van der Waals surface area contributed by atoms with Crippen LogP contribution in [-0.2, 0) is 4.79 Å². The van der Waals surface area contributed by atoms with E-state index < -0.39 is 5.97 Å². The maximum absolute atomic E-state index is 11.9. The molecule has 0 spiro atoms. The molecule has 110 valence electrons. The van der Waals surface area contributed by atoms with Crippen LogP contribution in [0.2, 0.25) is 0 Å². The number of rotatable bonds is 7. The Labute approximate surface area is 119 Å². The minimum atomic E-state index is -1.01. The highest BCUT2D eigenvalue weighted by molar-refractivity contribution is 5.93. The molecule has 4 N–H and O–H groups in total. The molecule has 0 unspecified atom stereocenters. The van der Waals surface area contributed by atoms with E-state index in [1.807, 2.05) is 0 Å². The zero-order chi connectivity index (χ0) is 15.1. The second-order valence-corrected chi connectivity index (χ2v) is 5.37. The molecule has 0 heterocycles. The van der Waals surface area contributed by atoms with E-state index in [2.05, 4.69) is 19.2 Å². The molecule has 1 aromatic rings. The molecular formula is C15H22N2O3. The molecule has 5 heteroatoms. The van der Waals surface area contributed by atoms with Crippen LogP contribution in [0.3, 0.4) is 0 Å². The molecule has 0 fully saturated rings. The summed E-state index contributed by atoms with van der Waals surface area (Å²) in [5.41, 5.74) is 6.32. The third-order valence-corrected chi connectivity index (χ3v) is 3.01. The molecule has 20 heavy (non-hydrogen) atoms. The van der Waals surface area contributed by atoms with Gasteiger partial charge in [0.2, 0.25) is 5.91 Å². The highest BCUT2D eigenvalue weighted by Crippen LogP contribution is 2.16. The second-order valence-electron chi connectivity index (χ2n) is 5.37. The summed E-state index contributed by atoms with van der Waals surface area (Å²) in [4.78, 5) is 22.8. The molecule has 0 radical (unpaired) electrons. The average Bonchev–Trinajstić information content (AvgIpc) is 2.37. The number of carboxylic acids is 1. The SMILES string of the molecule is CC(C)C[C@H](CN)CC(=O)Nc1cccc(C(=O)O)c1.